The molecule has 1 aromatic heterocycles. The van der Waals surface area contributed by atoms with E-state index >= 15 is 0 Å². The molecule has 1 unspecified atom stereocenters. The SMILES string of the molecule is COC(=O)c1cccnc1NC1CCOC1. The van der Waals surface area contributed by atoms with Gasteiger partial charge in [0.15, 0.2) is 0 Å². The number of hydrogen-bond acceptors (Lipinski definition) is 5. The van der Waals surface area contributed by atoms with Crippen molar-refractivity contribution in [3.8, 4) is 0 Å². The van der Waals surface area contributed by atoms with Crippen LogP contribution in [-0.2, 0) is 9.47 Å². The fourth-order valence-corrected chi connectivity index (χ4v) is 1.64. The molecule has 5 heteroatoms. The quantitative estimate of drug-likeness (QED) is 0.775. The Balaban J connectivity index is 2.15. The van der Waals surface area contributed by atoms with Gasteiger partial charge in [-0.25, -0.2) is 9.78 Å². The Morgan fingerprint density at radius 1 is 1.69 bits per heavy atom. The molecule has 1 aliphatic heterocycles. The molecule has 0 aromatic carbocycles. The smallest absolute Gasteiger partial charge is 0.341 e. The van der Waals surface area contributed by atoms with Crippen LogP contribution in [0.2, 0.25) is 0 Å². The summed E-state index contributed by atoms with van der Waals surface area (Å²) >= 11 is 0. The number of anilines is 1. The number of nitrogens with one attached hydrogen (secondary N) is 1. The van der Waals surface area contributed by atoms with Gasteiger partial charge in [-0.2, -0.15) is 0 Å². The minimum Gasteiger partial charge on any atom is -0.465 e. The van der Waals surface area contributed by atoms with E-state index in [2.05, 4.69) is 10.3 Å². The Morgan fingerprint density at radius 2 is 2.56 bits per heavy atom. The van der Waals surface area contributed by atoms with Gasteiger partial charge in [0.25, 0.3) is 0 Å². The monoisotopic (exact) mass is 222 g/mol. The molecule has 0 radical (unpaired) electrons. The average Bonchev–Trinajstić information content (AvgIpc) is 2.82. The third-order valence-electron chi connectivity index (χ3n) is 2.48. The third-order valence-corrected chi connectivity index (χ3v) is 2.48. The van der Waals surface area contributed by atoms with Crippen molar-refractivity contribution in [3.63, 3.8) is 0 Å². The topological polar surface area (TPSA) is 60.5 Å². The Labute approximate surface area is 93.8 Å². The molecule has 16 heavy (non-hydrogen) atoms. The van der Waals surface area contributed by atoms with Gasteiger partial charge in [-0.1, -0.05) is 0 Å². The average molecular weight is 222 g/mol. The number of rotatable bonds is 3. The molecular weight excluding hydrogens is 208 g/mol. The number of pyridine rings is 1. The molecule has 2 heterocycles. The summed E-state index contributed by atoms with van der Waals surface area (Å²) in [7, 11) is 1.36. The highest BCUT2D eigenvalue weighted by molar-refractivity contribution is 5.94. The van der Waals surface area contributed by atoms with Crippen molar-refractivity contribution in [1.82, 2.24) is 4.98 Å². The van der Waals surface area contributed by atoms with Crippen LogP contribution >= 0.6 is 0 Å². The second kappa shape index (κ2) is 4.94. The Kier molecular flexibility index (Phi) is 3.36. The van der Waals surface area contributed by atoms with E-state index in [1.54, 1.807) is 18.3 Å². The second-order valence-corrected chi connectivity index (χ2v) is 3.60. The molecule has 0 spiro atoms. The summed E-state index contributed by atoms with van der Waals surface area (Å²) in [6.45, 7) is 1.40. The van der Waals surface area contributed by atoms with Gasteiger partial charge in [0.2, 0.25) is 0 Å². The van der Waals surface area contributed by atoms with Crippen LogP contribution in [0.5, 0.6) is 0 Å². The number of ether oxygens (including phenoxy) is 2. The predicted molar refractivity (Wildman–Crippen MR) is 58.4 cm³/mol. The van der Waals surface area contributed by atoms with Crippen LogP contribution in [-0.4, -0.2) is 37.3 Å². The number of aromatic nitrogens is 1. The highest BCUT2D eigenvalue weighted by atomic mass is 16.5. The predicted octanol–water partition coefficient (Wildman–Crippen LogP) is 1.07. The number of carbonyl (C=O) groups is 1. The lowest BCUT2D eigenvalue weighted by Crippen LogP contribution is -2.21. The first-order valence-electron chi connectivity index (χ1n) is 5.19. The zero-order chi connectivity index (χ0) is 11.4. The number of hydrogen-bond donors (Lipinski definition) is 1. The minimum atomic E-state index is -0.380. The molecule has 0 amide bonds. The molecule has 2 rings (SSSR count). The van der Waals surface area contributed by atoms with Crippen molar-refractivity contribution in [1.29, 1.82) is 0 Å². The van der Waals surface area contributed by atoms with Crippen LogP contribution in [0, 0.1) is 0 Å². The fourth-order valence-electron chi connectivity index (χ4n) is 1.64. The van der Waals surface area contributed by atoms with E-state index in [9.17, 15) is 4.79 Å². The molecule has 86 valence electrons. The van der Waals surface area contributed by atoms with Crippen molar-refractivity contribution in [2.75, 3.05) is 25.6 Å². The first-order chi connectivity index (χ1) is 7.81. The molecule has 1 saturated heterocycles. The zero-order valence-electron chi connectivity index (χ0n) is 9.10. The van der Waals surface area contributed by atoms with E-state index in [4.69, 9.17) is 9.47 Å². The van der Waals surface area contributed by atoms with E-state index in [-0.39, 0.29) is 12.0 Å². The zero-order valence-corrected chi connectivity index (χ0v) is 9.10. The summed E-state index contributed by atoms with van der Waals surface area (Å²) in [4.78, 5) is 15.6. The van der Waals surface area contributed by atoms with Gasteiger partial charge >= 0.3 is 5.97 Å². The van der Waals surface area contributed by atoms with Crippen molar-refractivity contribution < 1.29 is 14.3 Å². The number of methoxy groups -OCH3 is 1. The van der Waals surface area contributed by atoms with Gasteiger partial charge in [0.1, 0.15) is 11.4 Å². The normalized spacial score (nSPS) is 19.4. The van der Waals surface area contributed by atoms with E-state index in [0.717, 1.165) is 13.0 Å². The van der Waals surface area contributed by atoms with Crippen molar-refractivity contribution in [2.24, 2.45) is 0 Å². The van der Waals surface area contributed by atoms with Crippen LogP contribution < -0.4 is 5.32 Å². The van der Waals surface area contributed by atoms with E-state index in [1.165, 1.54) is 7.11 Å². The van der Waals surface area contributed by atoms with E-state index < -0.39 is 0 Å². The fraction of sp³-hybridized carbons (Fsp3) is 0.455. The molecule has 1 aliphatic rings. The summed E-state index contributed by atoms with van der Waals surface area (Å²) in [6, 6.07) is 3.62. The molecule has 1 N–H and O–H groups in total. The van der Waals surface area contributed by atoms with Gasteiger partial charge in [0.05, 0.1) is 19.8 Å². The van der Waals surface area contributed by atoms with Crippen LogP contribution in [0.4, 0.5) is 5.82 Å². The lowest BCUT2D eigenvalue weighted by Gasteiger charge is -2.13. The van der Waals surface area contributed by atoms with Crippen LogP contribution in [0.3, 0.4) is 0 Å². The number of carbonyl (C=O) groups excluding carboxylic acids is 1. The molecule has 0 aliphatic carbocycles. The molecule has 0 saturated carbocycles. The number of esters is 1. The Bertz CT molecular complexity index is 375. The molecule has 1 fully saturated rings. The van der Waals surface area contributed by atoms with Crippen LogP contribution in [0.25, 0.3) is 0 Å². The lowest BCUT2D eigenvalue weighted by atomic mass is 10.2. The Hall–Kier alpha value is -1.62. The van der Waals surface area contributed by atoms with E-state index in [1.807, 2.05) is 0 Å². The maximum absolute atomic E-state index is 11.5. The highest BCUT2D eigenvalue weighted by Crippen LogP contribution is 2.16. The third kappa shape index (κ3) is 2.30. The number of nitrogens with zero attached hydrogens (tertiary/aromatic N) is 1. The van der Waals surface area contributed by atoms with Gasteiger partial charge in [-0.3, -0.25) is 0 Å². The van der Waals surface area contributed by atoms with Crippen molar-refractivity contribution in [2.45, 2.75) is 12.5 Å². The summed E-state index contributed by atoms with van der Waals surface area (Å²) in [5.41, 5.74) is 0.455. The second-order valence-electron chi connectivity index (χ2n) is 3.60. The highest BCUT2D eigenvalue weighted by Gasteiger charge is 2.19. The van der Waals surface area contributed by atoms with Gasteiger partial charge in [0, 0.05) is 12.8 Å². The molecule has 1 atom stereocenters. The van der Waals surface area contributed by atoms with Crippen LogP contribution in [0.1, 0.15) is 16.8 Å². The lowest BCUT2D eigenvalue weighted by molar-refractivity contribution is 0.0601. The summed E-state index contributed by atoms with van der Waals surface area (Å²) in [5.74, 6) is 0.180. The van der Waals surface area contributed by atoms with E-state index in [0.29, 0.717) is 18.0 Å². The van der Waals surface area contributed by atoms with Gasteiger partial charge in [-0.05, 0) is 18.6 Å². The summed E-state index contributed by atoms with van der Waals surface area (Å²) in [5, 5.41) is 3.19. The van der Waals surface area contributed by atoms with Gasteiger partial charge in [-0.15, -0.1) is 0 Å². The van der Waals surface area contributed by atoms with Crippen molar-refractivity contribution >= 4 is 11.8 Å². The Morgan fingerprint density at radius 3 is 3.25 bits per heavy atom. The largest absolute Gasteiger partial charge is 0.465 e. The standard InChI is InChI=1S/C11H14N2O3/c1-15-11(14)9-3-2-5-12-10(9)13-8-4-6-16-7-8/h2-3,5,8H,4,6-7H2,1H3,(H,12,13). The van der Waals surface area contributed by atoms with Crippen LogP contribution in [0.15, 0.2) is 18.3 Å². The minimum absolute atomic E-state index is 0.221. The maximum atomic E-state index is 11.5. The first-order valence-corrected chi connectivity index (χ1v) is 5.19. The van der Waals surface area contributed by atoms with Gasteiger partial charge < -0.3 is 14.8 Å². The molecule has 5 nitrogen and oxygen atoms in total. The summed E-state index contributed by atoms with van der Waals surface area (Å²) < 4.78 is 9.94. The molecule has 1 aromatic rings. The first kappa shape index (κ1) is 10.9. The van der Waals surface area contributed by atoms with Crippen molar-refractivity contribution in [3.05, 3.63) is 23.9 Å². The maximum Gasteiger partial charge on any atom is 0.341 e. The molecule has 0 bridgehead atoms. The summed E-state index contributed by atoms with van der Waals surface area (Å²) in [6.07, 6.45) is 2.57. The molecular formula is C11H14N2O3.